The van der Waals surface area contributed by atoms with Gasteiger partial charge in [0.1, 0.15) is 0 Å². The van der Waals surface area contributed by atoms with Gasteiger partial charge in [-0.2, -0.15) is 0 Å². The summed E-state index contributed by atoms with van der Waals surface area (Å²) in [5.74, 6) is 0. The Labute approximate surface area is 364 Å². The summed E-state index contributed by atoms with van der Waals surface area (Å²) >= 11 is 1.88. The number of anilines is 6. The topological polar surface area (TPSA) is 6.48 Å². The quantitative estimate of drug-likeness (QED) is 0.165. The number of para-hydroxylation sites is 2. The Balaban J connectivity index is 1.10. The summed E-state index contributed by atoms with van der Waals surface area (Å²) < 4.78 is 2.58. The molecule has 290 valence electrons. The SMILES string of the molecule is c1ccc(N(c2cccc3c2-c2ccccc2C32c3ccccc3-c3ccc(N(c4ccccc4)c4cccc5c4sc4ccccc45)cc32)c2cccc3ccccc23)cc1. The van der Waals surface area contributed by atoms with Crippen molar-refractivity contribution in [2.24, 2.45) is 0 Å². The largest absolute Gasteiger partial charge is 0.309 e. The van der Waals surface area contributed by atoms with Gasteiger partial charge in [-0.3, -0.25) is 0 Å². The van der Waals surface area contributed by atoms with Crippen LogP contribution in [0.15, 0.2) is 231 Å². The molecule has 2 aliphatic carbocycles. The lowest BCUT2D eigenvalue weighted by molar-refractivity contribution is 0.793. The van der Waals surface area contributed by atoms with Crippen LogP contribution in [0.1, 0.15) is 22.3 Å². The van der Waals surface area contributed by atoms with Gasteiger partial charge in [0.2, 0.25) is 0 Å². The van der Waals surface area contributed by atoms with E-state index >= 15 is 0 Å². The van der Waals surface area contributed by atoms with E-state index in [9.17, 15) is 0 Å². The number of nitrogens with zero attached hydrogens (tertiary/aromatic N) is 2. The van der Waals surface area contributed by atoms with E-state index in [2.05, 4.69) is 240 Å². The minimum absolute atomic E-state index is 0.559. The first kappa shape index (κ1) is 35.1. The Morgan fingerprint density at radius 1 is 0.323 bits per heavy atom. The predicted octanol–water partition coefficient (Wildman–Crippen LogP) is 16.5. The van der Waals surface area contributed by atoms with Crippen LogP contribution >= 0.6 is 11.3 Å². The smallest absolute Gasteiger partial charge is 0.0727 e. The van der Waals surface area contributed by atoms with Crippen molar-refractivity contribution in [3.05, 3.63) is 253 Å². The summed E-state index contributed by atoms with van der Waals surface area (Å²) in [6, 6.07) is 85.3. The highest BCUT2D eigenvalue weighted by Gasteiger charge is 2.52. The normalized spacial score (nSPS) is 14.5. The highest BCUT2D eigenvalue weighted by molar-refractivity contribution is 7.26. The number of thiophene rings is 1. The van der Waals surface area contributed by atoms with Crippen LogP contribution in [0.5, 0.6) is 0 Å². The van der Waals surface area contributed by atoms with Crippen LogP contribution in [-0.2, 0) is 5.41 Å². The van der Waals surface area contributed by atoms with E-state index in [1.54, 1.807) is 0 Å². The van der Waals surface area contributed by atoms with Gasteiger partial charge in [0.15, 0.2) is 0 Å². The lowest BCUT2D eigenvalue weighted by atomic mass is 9.70. The fourth-order valence-electron chi connectivity index (χ4n) is 10.8. The van der Waals surface area contributed by atoms with Crippen molar-refractivity contribution in [2.45, 2.75) is 5.41 Å². The first-order valence-electron chi connectivity index (χ1n) is 21.4. The molecule has 1 spiro atoms. The lowest BCUT2D eigenvalue weighted by Crippen LogP contribution is -2.26. The molecule has 2 aliphatic rings. The highest BCUT2D eigenvalue weighted by atomic mass is 32.1. The summed E-state index contributed by atoms with van der Waals surface area (Å²) in [4.78, 5) is 4.96. The van der Waals surface area contributed by atoms with Gasteiger partial charge in [0.05, 0.1) is 27.2 Å². The van der Waals surface area contributed by atoms with Gasteiger partial charge >= 0.3 is 0 Å². The van der Waals surface area contributed by atoms with Crippen molar-refractivity contribution in [1.29, 1.82) is 0 Å². The predicted molar refractivity (Wildman–Crippen MR) is 263 cm³/mol. The van der Waals surface area contributed by atoms with Gasteiger partial charge < -0.3 is 9.80 Å². The number of hydrogen-bond donors (Lipinski definition) is 0. The van der Waals surface area contributed by atoms with E-state index in [1.807, 2.05) is 11.3 Å². The molecule has 0 bridgehead atoms. The standard InChI is InChI=1S/C59H38N2S/c1-3-20-40(21-4-1)60(55-34-16-28-47-46-26-11-14-35-56(46)62-58(47)55)42-36-37-45-44-25-9-12-29-49(44)59(52(45)38-42)50-30-13-10-27-48(50)57-51(59)31-17-33-54(57)61(41-22-5-2-6-23-41)53-32-15-19-39-18-7-8-24-43(39)53/h1-38H. The number of hydrogen-bond acceptors (Lipinski definition) is 3. The molecule has 1 aromatic heterocycles. The Morgan fingerprint density at radius 2 is 0.871 bits per heavy atom. The summed E-state index contributed by atoms with van der Waals surface area (Å²) in [6.07, 6.45) is 0. The third kappa shape index (κ3) is 4.91. The molecule has 1 atom stereocenters. The first-order chi connectivity index (χ1) is 30.8. The van der Waals surface area contributed by atoms with Crippen molar-refractivity contribution in [2.75, 3.05) is 9.80 Å². The highest BCUT2D eigenvalue weighted by Crippen LogP contribution is 2.65. The zero-order valence-electron chi connectivity index (χ0n) is 33.7. The van der Waals surface area contributed by atoms with Crippen LogP contribution in [0, 0.1) is 0 Å². The van der Waals surface area contributed by atoms with Crippen molar-refractivity contribution in [1.82, 2.24) is 0 Å². The summed E-state index contributed by atoms with van der Waals surface area (Å²) in [7, 11) is 0. The molecule has 2 nitrogen and oxygen atoms in total. The van der Waals surface area contributed by atoms with E-state index in [-0.39, 0.29) is 0 Å². The van der Waals surface area contributed by atoms with Crippen LogP contribution in [-0.4, -0.2) is 0 Å². The summed E-state index contributed by atoms with van der Waals surface area (Å²) in [5.41, 5.74) is 16.7. The van der Waals surface area contributed by atoms with Crippen molar-refractivity contribution in [3.8, 4) is 22.3 Å². The molecule has 0 amide bonds. The van der Waals surface area contributed by atoms with Gasteiger partial charge in [-0.25, -0.2) is 0 Å². The molecule has 1 unspecified atom stereocenters. The third-order valence-electron chi connectivity index (χ3n) is 13.2. The molecule has 0 saturated carbocycles. The van der Waals surface area contributed by atoms with Crippen LogP contribution in [0.3, 0.4) is 0 Å². The number of rotatable bonds is 6. The minimum Gasteiger partial charge on any atom is -0.309 e. The molecule has 3 heteroatoms. The van der Waals surface area contributed by atoms with E-state index in [4.69, 9.17) is 0 Å². The Bertz CT molecular complexity index is 3550. The molecule has 0 aliphatic heterocycles. The maximum absolute atomic E-state index is 2.51. The molecule has 11 aromatic rings. The Hall–Kier alpha value is -7.72. The fourth-order valence-corrected chi connectivity index (χ4v) is 12.0. The van der Waals surface area contributed by atoms with Crippen LogP contribution < -0.4 is 9.80 Å². The van der Waals surface area contributed by atoms with Crippen molar-refractivity contribution in [3.63, 3.8) is 0 Å². The van der Waals surface area contributed by atoms with Crippen molar-refractivity contribution >= 4 is 76.4 Å². The molecule has 62 heavy (non-hydrogen) atoms. The lowest BCUT2D eigenvalue weighted by Gasteiger charge is -2.33. The van der Waals surface area contributed by atoms with E-state index in [0.29, 0.717) is 0 Å². The fraction of sp³-hybridized carbons (Fsp3) is 0.0169. The molecule has 0 fully saturated rings. The minimum atomic E-state index is -0.559. The molecular weight excluding hydrogens is 769 g/mol. The molecule has 1 heterocycles. The summed E-state index contributed by atoms with van der Waals surface area (Å²) in [6.45, 7) is 0. The maximum atomic E-state index is 2.51. The van der Waals surface area contributed by atoms with Crippen LogP contribution in [0.2, 0.25) is 0 Å². The summed E-state index contributed by atoms with van der Waals surface area (Å²) in [5, 5.41) is 5.02. The van der Waals surface area contributed by atoms with Crippen LogP contribution in [0.25, 0.3) is 53.2 Å². The van der Waals surface area contributed by atoms with Gasteiger partial charge in [0.25, 0.3) is 0 Å². The van der Waals surface area contributed by atoms with Gasteiger partial charge in [-0.05, 0) is 105 Å². The average molecular weight is 807 g/mol. The molecule has 0 N–H and O–H groups in total. The van der Waals surface area contributed by atoms with Gasteiger partial charge in [0, 0.05) is 43.5 Å². The van der Waals surface area contributed by atoms with E-state index in [0.717, 1.165) is 22.7 Å². The zero-order valence-corrected chi connectivity index (χ0v) is 34.6. The van der Waals surface area contributed by atoms with Gasteiger partial charge in [-0.1, -0.05) is 170 Å². The number of benzene rings is 10. The van der Waals surface area contributed by atoms with Crippen molar-refractivity contribution < 1.29 is 0 Å². The molecule has 0 saturated heterocycles. The molecular formula is C59H38N2S. The van der Waals surface area contributed by atoms with E-state index < -0.39 is 5.41 Å². The zero-order chi connectivity index (χ0) is 40.8. The number of fused-ring (bicyclic) bond motifs is 14. The molecule has 13 rings (SSSR count). The third-order valence-corrected chi connectivity index (χ3v) is 14.4. The Morgan fingerprint density at radius 3 is 1.69 bits per heavy atom. The Kier molecular flexibility index (Phi) is 7.72. The van der Waals surface area contributed by atoms with Gasteiger partial charge in [-0.15, -0.1) is 11.3 Å². The molecule has 0 radical (unpaired) electrons. The maximum Gasteiger partial charge on any atom is 0.0727 e. The van der Waals surface area contributed by atoms with E-state index in [1.165, 1.54) is 86.8 Å². The molecule has 10 aromatic carbocycles. The van der Waals surface area contributed by atoms with Crippen LogP contribution in [0.4, 0.5) is 34.1 Å². The average Bonchev–Trinajstić information content (AvgIpc) is 3.97. The second kappa shape index (κ2) is 13.7. The second-order valence-electron chi connectivity index (χ2n) is 16.4. The monoisotopic (exact) mass is 806 g/mol. The first-order valence-corrected chi connectivity index (χ1v) is 22.2. The second-order valence-corrected chi connectivity index (χ2v) is 17.4.